The van der Waals surface area contributed by atoms with Crippen LogP contribution in [0.4, 0.5) is 4.39 Å². The van der Waals surface area contributed by atoms with Gasteiger partial charge in [-0.2, -0.15) is 0 Å². The second-order valence-corrected chi connectivity index (χ2v) is 8.72. The predicted octanol–water partition coefficient (Wildman–Crippen LogP) is 4.15. The number of benzene rings is 2. The number of rotatable bonds is 8. The van der Waals surface area contributed by atoms with Gasteiger partial charge in [0.1, 0.15) is 5.82 Å². The van der Waals surface area contributed by atoms with Gasteiger partial charge in [0.15, 0.2) is 0 Å². The fraction of sp³-hybridized carbons (Fsp3) is 0.409. The zero-order valence-electron chi connectivity index (χ0n) is 16.4. The summed E-state index contributed by atoms with van der Waals surface area (Å²) in [6.45, 7) is 2.70. The van der Waals surface area contributed by atoms with Gasteiger partial charge in [-0.25, -0.2) is 4.39 Å². The Morgan fingerprint density at radius 2 is 2.00 bits per heavy atom. The molecule has 1 amide bonds. The van der Waals surface area contributed by atoms with E-state index in [1.165, 1.54) is 6.07 Å². The molecule has 0 spiro atoms. The lowest BCUT2D eigenvalue weighted by atomic mass is 9.99. The SMILES string of the molecule is CC(Sc1ccccc1)C(=O)N(C)CCCC1CC(c2cccc(F)c2)NN1. The molecule has 2 N–H and O–H groups in total. The Bertz CT molecular complexity index is 773. The number of amides is 1. The van der Waals surface area contributed by atoms with Gasteiger partial charge in [0.05, 0.1) is 5.25 Å². The highest BCUT2D eigenvalue weighted by Crippen LogP contribution is 2.26. The van der Waals surface area contributed by atoms with E-state index in [1.54, 1.807) is 23.9 Å². The van der Waals surface area contributed by atoms with Crippen molar-refractivity contribution in [2.45, 2.75) is 48.4 Å². The number of carbonyl (C=O) groups excluding carboxylic acids is 1. The molecule has 4 nitrogen and oxygen atoms in total. The van der Waals surface area contributed by atoms with Gasteiger partial charge in [-0.1, -0.05) is 30.3 Å². The quantitative estimate of drug-likeness (QED) is 0.652. The summed E-state index contributed by atoms with van der Waals surface area (Å²) in [5.74, 6) is -0.0469. The molecule has 150 valence electrons. The molecule has 28 heavy (non-hydrogen) atoms. The van der Waals surface area contributed by atoms with Crippen molar-refractivity contribution in [2.24, 2.45) is 0 Å². The maximum Gasteiger partial charge on any atom is 0.235 e. The van der Waals surface area contributed by atoms with Crippen LogP contribution in [0.5, 0.6) is 0 Å². The second kappa shape index (κ2) is 10.0. The summed E-state index contributed by atoms with van der Waals surface area (Å²) in [5, 5.41) is -0.101. The number of hydrogen-bond acceptors (Lipinski definition) is 4. The number of hydrazine groups is 1. The fourth-order valence-corrected chi connectivity index (χ4v) is 4.51. The molecule has 1 heterocycles. The van der Waals surface area contributed by atoms with Crippen molar-refractivity contribution in [2.75, 3.05) is 13.6 Å². The van der Waals surface area contributed by atoms with Gasteiger partial charge >= 0.3 is 0 Å². The highest BCUT2D eigenvalue weighted by Gasteiger charge is 2.25. The number of hydrogen-bond donors (Lipinski definition) is 2. The van der Waals surface area contributed by atoms with Crippen LogP contribution in [0.2, 0.25) is 0 Å². The molecule has 3 atom stereocenters. The third-order valence-corrected chi connectivity index (χ3v) is 6.16. The number of halogens is 1. The normalized spacial score (nSPS) is 20.1. The van der Waals surface area contributed by atoms with Crippen LogP contribution >= 0.6 is 11.8 Å². The van der Waals surface area contributed by atoms with Crippen molar-refractivity contribution in [1.82, 2.24) is 15.8 Å². The smallest absolute Gasteiger partial charge is 0.235 e. The van der Waals surface area contributed by atoms with Gasteiger partial charge < -0.3 is 4.90 Å². The summed E-state index contributed by atoms with van der Waals surface area (Å²) in [6.07, 6.45) is 2.82. The van der Waals surface area contributed by atoms with Crippen LogP contribution in [0, 0.1) is 5.82 Å². The van der Waals surface area contributed by atoms with Crippen LogP contribution in [-0.2, 0) is 4.79 Å². The van der Waals surface area contributed by atoms with E-state index in [9.17, 15) is 9.18 Å². The van der Waals surface area contributed by atoms with Crippen LogP contribution in [0.3, 0.4) is 0 Å². The summed E-state index contributed by atoms with van der Waals surface area (Å²) < 4.78 is 13.4. The molecule has 2 aromatic carbocycles. The van der Waals surface area contributed by atoms with E-state index in [1.807, 2.05) is 55.3 Å². The minimum atomic E-state index is -0.203. The van der Waals surface area contributed by atoms with Crippen molar-refractivity contribution in [3.8, 4) is 0 Å². The number of thioether (sulfide) groups is 1. The molecule has 6 heteroatoms. The van der Waals surface area contributed by atoms with E-state index in [-0.39, 0.29) is 23.0 Å². The summed E-state index contributed by atoms with van der Waals surface area (Å²) in [4.78, 5) is 15.5. The molecule has 0 aromatic heterocycles. The standard InChI is InChI=1S/C22H28FN3OS/c1-16(28-20-11-4-3-5-12-20)22(27)26(2)13-7-10-19-15-21(25-24-19)17-8-6-9-18(23)14-17/h3-6,8-9,11-12,14,16,19,21,24-25H,7,10,13,15H2,1-2H3. The Balaban J connectivity index is 1.39. The summed E-state index contributed by atoms with van der Waals surface area (Å²) in [6, 6.07) is 17.2. The Morgan fingerprint density at radius 1 is 1.21 bits per heavy atom. The van der Waals surface area contributed by atoms with Gasteiger partial charge in [-0.15, -0.1) is 11.8 Å². The Morgan fingerprint density at radius 3 is 2.75 bits per heavy atom. The lowest BCUT2D eigenvalue weighted by Gasteiger charge is -2.22. The minimum Gasteiger partial charge on any atom is -0.345 e. The summed E-state index contributed by atoms with van der Waals surface area (Å²) in [5.41, 5.74) is 7.53. The van der Waals surface area contributed by atoms with Crippen molar-refractivity contribution in [1.29, 1.82) is 0 Å². The van der Waals surface area contributed by atoms with Gasteiger partial charge in [-0.05, 0) is 56.0 Å². The topological polar surface area (TPSA) is 44.4 Å². The molecular formula is C22H28FN3OS. The number of nitrogens with one attached hydrogen (secondary N) is 2. The lowest BCUT2D eigenvalue weighted by Crippen LogP contribution is -2.35. The first-order chi connectivity index (χ1) is 13.5. The van der Waals surface area contributed by atoms with E-state index >= 15 is 0 Å². The van der Waals surface area contributed by atoms with E-state index in [2.05, 4.69) is 10.9 Å². The molecule has 0 bridgehead atoms. The molecule has 1 aliphatic rings. The van der Waals surface area contributed by atoms with Gasteiger partial charge in [0.25, 0.3) is 0 Å². The van der Waals surface area contributed by atoms with E-state index in [4.69, 9.17) is 0 Å². The monoisotopic (exact) mass is 401 g/mol. The van der Waals surface area contributed by atoms with Crippen LogP contribution in [0.15, 0.2) is 59.5 Å². The fourth-order valence-electron chi connectivity index (χ4n) is 3.50. The van der Waals surface area contributed by atoms with Gasteiger partial charge in [0.2, 0.25) is 5.91 Å². The van der Waals surface area contributed by atoms with Crippen molar-refractivity contribution in [3.63, 3.8) is 0 Å². The zero-order valence-corrected chi connectivity index (χ0v) is 17.2. The van der Waals surface area contributed by atoms with Crippen molar-refractivity contribution < 1.29 is 9.18 Å². The lowest BCUT2D eigenvalue weighted by molar-refractivity contribution is -0.129. The van der Waals surface area contributed by atoms with E-state index < -0.39 is 0 Å². The van der Waals surface area contributed by atoms with Crippen LogP contribution in [0.1, 0.15) is 37.8 Å². The van der Waals surface area contributed by atoms with Crippen molar-refractivity contribution in [3.05, 3.63) is 66.0 Å². The average Bonchev–Trinajstić information content (AvgIpc) is 3.17. The Labute approximate surface area is 170 Å². The molecule has 2 aromatic rings. The van der Waals surface area contributed by atoms with Crippen LogP contribution in [-0.4, -0.2) is 35.7 Å². The van der Waals surface area contributed by atoms with Crippen molar-refractivity contribution >= 4 is 17.7 Å². The molecule has 1 saturated heterocycles. The van der Waals surface area contributed by atoms with Crippen LogP contribution in [0.25, 0.3) is 0 Å². The predicted molar refractivity (Wildman–Crippen MR) is 112 cm³/mol. The van der Waals surface area contributed by atoms with E-state index in [0.29, 0.717) is 6.04 Å². The van der Waals surface area contributed by atoms with Crippen LogP contribution < -0.4 is 10.9 Å². The Hall–Kier alpha value is -1.89. The largest absolute Gasteiger partial charge is 0.345 e. The highest BCUT2D eigenvalue weighted by atomic mass is 32.2. The first-order valence-electron chi connectivity index (χ1n) is 9.76. The maximum atomic E-state index is 13.4. The molecule has 0 aliphatic carbocycles. The van der Waals surface area contributed by atoms with E-state index in [0.717, 1.165) is 36.3 Å². The summed E-state index contributed by atoms with van der Waals surface area (Å²) >= 11 is 1.59. The molecule has 0 saturated carbocycles. The molecule has 0 radical (unpaired) electrons. The molecule has 1 aliphatic heterocycles. The Kier molecular flexibility index (Phi) is 7.48. The summed E-state index contributed by atoms with van der Waals surface area (Å²) in [7, 11) is 1.88. The number of nitrogens with zero attached hydrogens (tertiary/aromatic N) is 1. The average molecular weight is 402 g/mol. The minimum absolute atomic E-state index is 0.101. The van der Waals surface area contributed by atoms with Gasteiger partial charge in [-0.3, -0.25) is 15.6 Å². The molecular weight excluding hydrogens is 373 g/mol. The molecule has 1 fully saturated rings. The highest BCUT2D eigenvalue weighted by molar-refractivity contribution is 8.00. The maximum absolute atomic E-state index is 13.4. The number of carbonyl (C=O) groups is 1. The first kappa shape index (κ1) is 20.8. The second-order valence-electron chi connectivity index (χ2n) is 7.30. The zero-order chi connectivity index (χ0) is 19.9. The van der Waals surface area contributed by atoms with Gasteiger partial charge in [0, 0.05) is 30.6 Å². The molecule has 3 rings (SSSR count). The molecule has 3 unspecified atom stereocenters. The first-order valence-corrected chi connectivity index (χ1v) is 10.6. The third kappa shape index (κ3) is 5.80. The third-order valence-electron chi connectivity index (χ3n) is 5.06.